The quantitative estimate of drug-likeness (QED) is 0.655. The Labute approximate surface area is 87.4 Å². The molecule has 0 radical (unpaired) electrons. The number of thiazole rings is 1. The summed E-state index contributed by atoms with van der Waals surface area (Å²) in [6, 6.07) is 0.177. The van der Waals surface area contributed by atoms with Gasteiger partial charge in [-0.15, -0.1) is 11.3 Å². The Morgan fingerprint density at radius 1 is 1.71 bits per heavy atom. The number of rotatable bonds is 3. The summed E-state index contributed by atoms with van der Waals surface area (Å²) in [4.78, 5) is 5.44. The van der Waals surface area contributed by atoms with Crippen LogP contribution < -0.4 is 10.6 Å². The molecule has 0 saturated carbocycles. The SMILES string of the molecule is Cc1ncsc1CN[C@@H]1CNC[C@H]1O. The first-order chi connectivity index (χ1) is 6.77. The van der Waals surface area contributed by atoms with Gasteiger partial charge in [-0.05, 0) is 6.92 Å². The highest BCUT2D eigenvalue weighted by Gasteiger charge is 2.24. The van der Waals surface area contributed by atoms with Crippen molar-refractivity contribution in [1.82, 2.24) is 15.6 Å². The molecule has 2 atom stereocenters. The van der Waals surface area contributed by atoms with E-state index in [0.29, 0.717) is 6.54 Å². The lowest BCUT2D eigenvalue weighted by molar-refractivity contribution is 0.162. The van der Waals surface area contributed by atoms with E-state index in [0.717, 1.165) is 18.8 Å². The van der Waals surface area contributed by atoms with Crippen LogP contribution in [-0.4, -0.2) is 35.3 Å². The molecule has 1 aromatic rings. The predicted octanol–water partition coefficient (Wildman–Crippen LogP) is -0.126. The molecule has 0 amide bonds. The molecule has 0 spiro atoms. The van der Waals surface area contributed by atoms with Crippen molar-refractivity contribution >= 4 is 11.3 Å². The summed E-state index contributed by atoms with van der Waals surface area (Å²) in [6.45, 7) is 4.36. The number of aliphatic hydroxyl groups excluding tert-OH is 1. The molecule has 3 N–H and O–H groups in total. The third-order valence-corrected chi connectivity index (χ3v) is 3.49. The van der Waals surface area contributed by atoms with Gasteiger partial charge in [-0.2, -0.15) is 0 Å². The Morgan fingerprint density at radius 3 is 3.14 bits per heavy atom. The first-order valence-electron chi connectivity index (χ1n) is 4.78. The normalized spacial score (nSPS) is 27.0. The van der Waals surface area contributed by atoms with Gasteiger partial charge in [-0.25, -0.2) is 4.98 Å². The van der Waals surface area contributed by atoms with Gasteiger partial charge in [-0.1, -0.05) is 0 Å². The van der Waals surface area contributed by atoms with E-state index < -0.39 is 0 Å². The number of nitrogens with zero attached hydrogens (tertiary/aromatic N) is 1. The van der Waals surface area contributed by atoms with Crippen molar-refractivity contribution in [3.05, 3.63) is 16.1 Å². The zero-order chi connectivity index (χ0) is 9.97. The van der Waals surface area contributed by atoms with Crippen molar-refractivity contribution in [2.24, 2.45) is 0 Å². The minimum atomic E-state index is -0.261. The van der Waals surface area contributed by atoms with Crippen LogP contribution >= 0.6 is 11.3 Å². The van der Waals surface area contributed by atoms with Crippen LogP contribution in [0.3, 0.4) is 0 Å². The zero-order valence-electron chi connectivity index (χ0n) is 8.16. The molecule has 0 unspecified atom stereocenters. The molecule has 1 fully saturated rings. The molecule has 0 aliphatic carbocycles. The molecular weight excluding hydrogens is 198 g/mol. The van der Waals surface area contributed by atoms with E-state index in [4.69, 9.17) is 0 Å². The van der Waals surface area contributed by atoms with Crippen LogP contribution in [0.5, 0.6) is 0 Å². The standard InChI is InChI=1S/C9H15N3OS/c1-6-9(14-5-12-6)4-11-7-2-10-3-8(7)13/h5,7-8,10-11,13H,2-4H2,1H3/t7-,8-/m1/s1. The summed E-state index contributed by atoms with van der Waals surface area (Å²) in [5.41, 5.74) is 2.94. The predicted molar refractivity (Wildman–Crippen MR) is 56.4 cm³/mol. The molecule has 0 aromatic carbocycles. The first-order valence-corrected chi connectivity index (χ1v) is 5.66. The van der Waals surface area contributed by atoms with E-state index in [9.17, 15) is 5.11 Å². The minimum absolute atomic E-state index is 0.177. The van der Waals surface area contributed by atoms with E-state index in [-0.39, 0.29) is 12.1 Å². The number of aryl methyl sites for hydroxylation is 1. The fourth-order valence-electron chi connectivity index (χ4n) is 1.59. The molecule has 1 aliphatic heterocycles. The topological polar surface area (TPSA) is 57.2 Å². The lowest BCUT2D eigenvalue weighted by atomic mass is 10.2. The summed E-state index contributed by atoms with van der Waals surface area (Å²) in [6.07, 6.45) is -0.261. The second kappa shape index (κ2) is 4.35. The van der Waals surface area contributed by atoms with Crippen LogP contribution in [0, 0.1) is 6.92 Å². The molecule has 2 rings (SSSR count). The molecule has 4 nitrogen and oxygen atoms in total. The van der Waals surface area contributed by atoms with E-state index in [1.54, 1.807) is 11.3 Å². The summed E-state index contributed by atoms with van der Waals surface area (Å²) in [5.74, 6) is 0. The maximum Gasteiger partial charge on any atom is 0.0829 e. The molecule has 1 aromatic heterocycles. The Balaban J connectivity index is 1.85. The average molecular weight is 213 g/mol. The van der Waals surface area contributed by atoms with Crippen LogP contribution in [-0.2, 0) is 6.54 Å². The fourth-order valence-corrected chi connectivity index (χ4v) is 2.32. The van der Waals surface area contributed by atoms with E-state index in [1.165, 1.54) is 4.88 Å². The van der Waals surface area contributed by atoms with E-state index in [1.807, 2.05) is 12.4 Å². The van der Waals surface area contributed by atoms with Gasteiger partial charge in [0.05, 0.1) is 17.3 Å². The van der Waals surface area contributed by atoms with Gasteiger partial charge in [-0.3, -0.25) is 0 Å². The molecule has 5 heteroatoms. The van der Waals surface area contributed by atoms with Crippen molar-refractivity contribution in [3.63, 3.8) is 0 Å². The van der Waals surface area contributed by atoms with E-state index >= 15 is 0 Å². The Kier molecular flexibility index (Phi) is 3.12. The van der Waals surface area contributed by atoms with Crippen LogP contribution in [0.4, 0.5) is 0 Å². The third-order valence-electron chi connectivity index (χ3n) is 2.55. The zero-order valence-corrected chi connectivity index (χ0v) is 8.97. The van der Waals surface area contributed by atoms with Crippen LogP contribution in [0.2, 0.25) is 0 Å². The monoisotopic (exact) mass is 213 g/mol. The Hall–Kier alpha value is -0.490. The minimum Gasteiger partial charge on any atom is -0.390 e. The van der Waals surface area contributed by atoms with Crippen molar-refractivity contribution in [1.29, 1.82) is 0 Å². The second-order valence-corrected chi connectivity index (χ2v) is 4.51. The number of hydrogen-bond donors (Lipinski definition) is 3. The van der Waals surface area contributed by atoms with Gasteiger partial charge in [0.1, 0.15) is 0 Å². The molecule has 0 bridgehead atoms. The molecular formula is C9H15N3OS. The van der Waals surface area contributed by atoms with Gasteiger partial charge in [0.25, 0.3) is 0 Å². The number of β-amino-alcohol motifs (C(OH)–C–C–N with tert-alkyl or cyclic N) is 1. The summed E-state index contributed by atoms with van der Waals surface area (Å²) < 4.78 is 0. The van der Waals surface area contributed by atoms with Gasteiger partial charge in [0, 0.05) is 30.6 Å². The van der Waals surface area contributed by atoms with Crippen LogP contribution in [0.15, 0.2) is 5.51 Å². The number of hydrogen-bond acceptors (Lipinski definition) is 5. The number of nitrogens with one attached hydrogen (secondary N) is 2. The van der Waals surface area contributed by atoms with Crippen molar-refractivity contribution < 1.29 is 5.11 Å². The van der Waals surface area contributed by atoms with Gasteiger partial charge < -0.3 is 15.7 Å². The Bertz CT molecular complexity index is 302. The molecule has 78 valence electrons. The number of aromatic nitrogens is 1. The molecule has 1 aliphatic rings. The molecule has 14 heavy (non-hydrogen) atoms. The van der Waals surface area contributed by atoms with Gasteiger partial charge >= 0.3 is 0 Å². The highest BCUT2D eigenvalue weighted by molar-refractivity contribution is 7.09. The smallest absolute Gasteiger partial charge is 0.0829 e. The second-order valence-electron chi connectivity index (χ2n) is 3.57. The first kappa shape index (κ1) is 10.0. The lowest BCUT2D eigenvalue weighted by Crippen LogP contribution is -2.38. The maximum absolute atomic E-state index is 9.55. The summed E-state index contributed by atoms with van der Waals surface area (Å²) in [7, 11) is 0. The van der Waals surface area contributed by atoms with Crippen molar-refractivity contribution in [2.75, 3.05) is 13.1 Å². The highest BCUT2D eigenvalue weighted by Crippen LogP contribution is 2.12. The van der Waals surface area contributed by atoms with Crippen molar-refractivity contribution in [2.45, 2.75) is 25.6 Å². The highest BCUT2D eigenvalue weighted by atomic mass is 32.1. The molecule has 2 heterocycles. The molecule has 1 saturated heterocycles. The Morgan fingerprint density at radius 2 is 2.57 bits per heavy atom. The van der Waals surface area contributed by atoms with Crippen LogP contribution in [0.1, 0.15) is 10.6 Å². The lowest BCUT2D eigenvalue weighted by Gasteiger charge is -2.14. The largest absolute Gasteiger partial charge is 0.390 e. The van der Waals surface area contributed by atoms with E-state index in [2.05, 4.69) is 15.6 Å². The van der Waals surface area contributed by atoms with Gasteiger partial charge in [0.2, 0.25) is 0 Å². The summed E-state index contributed by atoms with van der Waals surface area (Å²) in [5, 5.41) is 16.0. The summed E-state index contributed by atoms with van der Waals surface area (Å²) >= 11 is 1.66. The van der Waals surface area contributed by atoms with Crippen LogP contribution in [0.25, 0.3) is 0 Å². The third kappa shape index (κ3) is 2.12. The number of aliphatic hydroxyl groups is 1. The van der Waals surface area contributed by atoms with Gasteiger partial charge in [0.15, 0.2) is 0 Å². The maximum atomic E-state index is 9.55. The average Bonchev–Trinajstić information content (AvgIpc) is 2.72. The van der Waals surface area contributed by atoms with Crippen molar-refractivity contribution in [3.8, 4) is 0 Å². The fraction of sp³-hybridized carbons (Fsp3) is 0.667.